The molecule has 0 aromatic carbocycles. The lowest BCUT2D eigenvalue weighted by atomic mass is 10.0. The zero-order chi connectivity index (χ0) is 22.6. The third kappa shape index (κ3) is 5.26. The number of primary amides is 1. The topological polar surface area (TPSA) is 176 Å². The highest BCUT2D eigenvalue weighted by Crippen LogP contribution is 2.26. The first-order valence-corrected chi connectivity index (χ1v) is 10.2. The summed E-state index contributed by atoms with van der Waals surface area (Å²) in [7, 11) is 0. The maximum atomic E-state index is 13.2. The van der Waals surface area contributed by atoms with Gasteiger partial charge in [-0.05, 0) is 31.6 Å². The van der Waals surface area contributed by atoms with Crippen molar-refractivity contribution in [1.82, 2.24) is 15.1 Å². The van der Waals surface area contributed by atoms with Gasteiger partial charge in [-0.3, -0.25) is 19.2 Å². The number of aliphatic carboxylic acids is 1. The second kappa shape index (κ2) is 9.88. The molecule has 2 saturated heterocycles. The van der Waals surface area contributed by atoms with Crippen LogP contribution >= 0.6 is 0 Å². The summed E-state index contributed by atoms with van der Waals surface area (Å²) in [5, 5.41) is 11.8. The Morgan fingerprint density at radius 3 is 2.13 bits per heavy atom. The zero-order valence-electron chi connectivity index (χ0n) is 17.4. The summed E-state index contributed by atoms with van der Waals surface area (Å²) in [5.41, 5.74) is 10.9. The Morgan fingerprint density at radius 2 is 1.60 bits per heavy atom. The van der Waals surface area contributed by atoms with Gasteiger partial charge in [0.1, 0.15) is 18.1 Å². The Hall–Kier alpha value is -2.69. The van der Waals surface area contributed by atoms with Crippen LogP contribution in [0, 0.1) is 5.92 Å². The van der Waals surface area contributed by atoms with E-state index >= 15 is 0 Å². The van der Waals surface area contributed by atoms with Gasteiger partial charge >= 0.3 is 5.97 Å². The van der Waals surface area contributed by atoms with Gasteiger partial charge in [-0.25, -0.2) is 4.79 Å². The summed E-state index contributed by atoms with van der Waals surface area (Å²) in [4.78, 5) is 63.7. The monoisotopic (exact) mass is 425 g/mol. The van der Waals surface area contributed by atoms with Crippen LogP contribution in [0.4, 0.5) is 0 Å². The van der Waals surface area contributed by atoms with Crippen LogP contribution in [0.1, 0.15) is 46.0 Å². The van der Waals surface area contributed by atoms with Crippen molar-refractivity contribution in [3.05, 3.63) is 0 Å². The molecule has 2 heterocycles. The van der Waals surface area contributed by atoms with Gasteiger partial charge in [0, 0.05) is 13.1 Å². The predicted molar refractivity (Wildman–Crippen MR) is 106 cm³/mol. The summed E-state index contributed by atoms with van der Waals surface area (Å²) >= 11 is 0. The van der Waals surface area contributed by atoms with Crippen molar-refractivity contribution >= 4 is 29.6 Å². The number of hydrogen-bond acceptors (Lipinski definition) is 6. The molecule has 11 nitrogen and oxygen atoms in total. The van der Waals surface area contributed by atoms with E-state index in [9.17, 15) is 29.1 Å². The number of nitrogens with zero attached hydrogens (tertiary/aromatic N) is 2. The molecule has 30 heavy (non-hydrogen) atoms. The van der Waals surface area contributed by atoms with Crippen LogP contribution in [0.25, 0.3) is 0 Å². The highest BCUT2D eigenvalue weighted by Gasteiger charge is 2.43. The van der Waals surface area contributed by atoms with Crippen molar-refractivity contribution in [2.75, 3.05) is 13.1 Å². The lowest BCUT2D eigenvalue weighted by Gasteiger charge is -2.32. The molecule has 2 rings (SSSR count). The average molecular weight is 425 g/mol. The standard InChI is InChI=1S/C19H31N5O6/c1-10(2)15(19(29)30)22-16(26)12-5-3-7-23(12)18(28)13-6-4-8-24(13)17(27)11(20)9-14(21)25/h10-13,15H,3-9,20H2,1-2H3,(H2,21,25)(H,22,26)(H,29,30). The molecule has 0 spiro atoms. The zero-order valence-corrected chi connectivity index (χ0v) is 17.4. The van der Waals surface area contributed by atoms with E-state index in [1.165, 1.54) is 9.80 Å². The molecule has 2 fully saturated rings. The van der Waals surface area contributed by atoms with Gasteiger partial charge in [0.15, 0.2) is 0 Å². The highest BCUT2D eigenvalue weighted by molar-refractivity contribution is 5.95. The number of nitrogens with two attached hydrogens (primary N) is 2. The smallest absolute Gasteiger partial charge is 0.326 e. The van der Waals surface area contributed by atoms with Crippen LogP contribution in [0.5, 0.6) is 0 Å². The second-order valence-corrected chi connectivity index (χ2v) is 8.22. The van der Waals surface area contributed by atoms with E-state index in [2.05, 4.69) is 5.32 Å². The highest BCUT2D eigenvalue weighted by atomic mass is 16.4. The molecule has 0 aromatic heterocycles. The van der Waals surface area contributed by atoms with Gasteiger partial charge in [0.2, 0.25) is 23.6 Å². The van der Waals surface area contributed by atoms with E-state index in [1.807, 2.05) is 0 Å². The van der Waals surface area contributed by atoms with E-state index in [0.29, 0.717) is 38.8 Å². The Kier molecular flexibility index (Phi) is 7.77. The minimum atomic E-state index is -1.13. The van der Waals surface area contributed by atoms with Crippen molar-refractivity contribution in [3.63, 3.8) is 0 Å². The molecule has 6 N–H and O–H groups in total. The maximum absolute atomic E-state index is 13.2. The predicted octanol–water partition coefficient (Wildman–Crippen LogP) is -1.60. The minimum absolute atomic E-state index is 0.309. The number of carbonyl (C=O) groups excluding carboxylic acids is 4. The van der Waals surface area contributed by atoms with E-state index in [0.717, 1.165) is 0 Å². The van der Waals surface area contributed by atoms with Gasteiger partial charge < -0.3 is 31.7 Å². The molecule has 4 unspecified atom stereocenters. The first kappa shape index (κ1) is 23.6. The normalized spacial score (nSPS) is 23.3. The van der Waals surface area contributed by atoms with E-state index in [-0.39, 0.29) is 18.2 Å². The molecular formula is C19H31N5O6. The largest absolute Gasteiger partial charge is 0.480 e. The maximum Gasteiger partial charge on any atom is 0.326 e. The number of rotatable bonds is 8. The quantitative estimate of drug-likeness (QED) is 0.362. The number of carboxylic acid groups (broad SMARTS) is 1. The molecule has 11 heteroatoms. The number of nitrogens with one attached hydrogen (secondary N) is 1. The van der Waals surface area contributed by atoms with Crippen molar-refractivity contribution in [1.29, 1.82) is 0 Å². The van der Waals surface area contributed by atoms with Crippen LogP contribution in [0.15, 0.2) is 0 Å². The summed E-state index contributed by atoms with van der Waals surface area (Å²) in [6.45, 7) is 4.06. The third-order valence-corrected chi connectivity index (χ3v) is 5.63. The average Bonchev–Trinajstić information content (AvgIpc) is 3.32. The van der Waals surface area contributed by atoms with Gasteiger partial charge in [-0.15, -0.1) is 0 Å². The number of hydrogen-bond donors (Lipinski definition) is 4. The molecule has 4 atom stereocenters. The first-order valence-electron chi connectivity index (χ1n) is 10.2. The molecule has 0 aromatic rings. The molecular weight excluding hydrogens is 394 g/mol. The molecule has 168 valence electrons. The van der Waals surface area contributed by atoms with Crippen LogP contribution < -0.4 is 16.8 Å². The van der Waals surface area contributed by atoms with Crippen LogP contribution in [-0.2, 0) is 24.0 Å². The molecule has 0 bridgehead atoms. The van der Waals surface area contributed by atoms with Crippen LogP contribution in [0.2, 0.25) is 0 Å². The Balaban J connectivity index is 2.10. The third-order valence-electron chi connectivity index (χ3n) is 5.63. The number of likely N-dealkylation sites (tertiary alicyclic amines) is 2. The molecule has 0 aliphatic carbocycles. The van der Waals surface area contributed by atoms with Gasteiger partial charge in [0.25, 0.3) is 0 Å². The van der Waals surface area contributed by atoms with Crippen LogP contribution in [-0.4, -0.2) is 81.8 Å². The number of amides is 4. The van der Waals surface area contributed by atoms with Gasteiger partial charge in [-0.2, -0.15) is 0 Å². The molecule has 4 amide bonds. The van der Waals surface area contributed by atoms with Crippen LogP contribution in [0.3, 0.4) is 0 Å². The molecule has 0 radical (unpaired) electrons. The summed E-state index contributed by atoms with van der Waals surface area (Å²) in [6.07, 6.45) is 1.75. The number of carboxylic acids is 1. The lowest BCUT2D eigenvalue weighted by molar-refractivity contribution is -0.148. The summed E-state index contributed by atoms with van der Waals surface area (Å²) in [5.74, 6) is -3.54. The Bertz CT molecular complexity index is 712. The fourth-order valence-electron chi connectivity index (χ4n) is 4.06. The minimum Gasteiger partial charge on any atom is -0.480 e. The molecule has 0 saturated carbocycles. The summed E-state index contributed by atoms with van der Waals surface area (Å²) < 4.78 is 0. The van der Waals surface area contributed by atoms with Crippen molar-refractivity contribution in [2.45, 2.75) is 70.1 Å². The fourth-order valence-corrected chi connectivity index (χ4v) is 4.06. The Labute approximate surface area is 175 Å². The summed E-state index contributed by atoms with van der Waals surface area (Å²) in [6, 6.07) is -3.71. The molecule has 2 aliphatic heterocycles. The number of carbonyl (C=O) groups is 5. The Morgan fingerprint density at radius 1 is 1.03 bits per heavy atom. The van der Waals surface area contributed by atoms with Crippen molar-refractivity contribution < 1.29 is 29.1 Å². The SMILES string of the molecule is CC(C)C(NC(=O)C1CCCN1C(=O)C1CCCN1C(=O)C(N)CC(N)=O)C(=O)O. The molecule has 2 aliphatic rings. The fraction of sp³-hybridized carbons (Fsp3) is 0.737. The van der Waals surface area contributed by atoms with Gasteiger partial charge in [-0.1, -0.05) is 13.8 Å². The van der Waals surface area contributed by atoms with Gasteiger partial charge in [0.05, 0.1) is 12.5 Å². The van der Waals surface area contributed by atoms with E-state index in [1.54, 1.807) is 13.8 Å². The lowest BCUT2D eigenvalue weighted by Crippen LogP contribution is -2.57. The first-order chi connectivity index (χ1) is 14.0. The second-order valence-electron chi connectivity index (χ2n) is 8.22. The van der Waals surface area contributed by atoms with Crippen molar-refractivity contribution in [2.24, 2.45) is 17.4 Å². The van der Waals surface area contributed by atoms with E-state index in [4.69, 9.17) is 11.5 Å². The van der Waals surface area contributed by atoms with Crippen molar-refractivity contribution in [3.8, 4) is 0 Å². The van der Waals surface area contributed by atoms with E-state index < -0.39 is 47.9 Å².